The van der Waals surface area contributed by atoms with Crippen molar-refractivity contribution in [3.63, 3.8) is 0 Å². The summed E-state index contributed by atoms with van der Waals surface area (Å²) in [6.45, 7) is 2.13. The SMILES string of the molecule is CCCC(NC(=O)CCc1ccccc1N)c1ccccc1.Cl. The molecule has 124 valence electrons. The highest BCUT2D eigenvalue weighted by Crippen LogP contribution is 2.19. The maximum atomic E-state index is 12.2. The van der Waals surface area contributed by atoms with Crippen molar-refractivity contribution in [3.05, 3.63) is 65.7 Å². The van der Waals surface area contributed by atoms with Crippen LogP contribution in [0.2, 0.25) is 0 Å². The molecule has 3 nitrogen and oxygen atoms in total. The average molecular weight is 333 g/mol. The molecule has 2 rings (SSSR count). The minimum Gasteiger partial charge on any atom is -0.399 e. The number of para-hydroxylation sites is 1. The quantitative estimate of drug-likeness (QED) is 0.743. The van der Waals surface area contributed by atoms with Crippen molar-refractivity contribution < 1.29 is 4.79 Å². The first kappa shape index (κ1) is 19.0. The van der Waals surface area contributed by atoms with E-state index < -0.39 is 0 Å². The summed E-state index contributed by atoms with van der Waals surface area (Å²) in [5.41, 5.74) is 8.86. The van der Waals surface area contributed by atoms with Crippen molar-refractivity contribution in [2.75, 3.05) is 5.73 Å². The Morgan fingerprint density at radius 2 is 1.74 bits per heavy atom. The van der Waals surface area contributed by atoms with Gasteiger partial charge in [0.1, 0.15) is 0 Å². The number of aryl methyl sites for hydroxylation is 1. The van der Waals surface area contributed by atoms with Gasteiger partial charge in [-0.25, -0.2) is 0 Å². The summed E-state index contributed by atoms with van der Waals surface area (Å²) >= 11 is 0. The zero-order valence-electron chi connectivity index (χ0n) is 13.5. The molecule has 0 saturated heterocycles. The minimum atomic E-state index is 0. The van der Waals surface area contributed by atoms with Crippen molar-refractivity contribution in [3.8, 4) is 0 Å². The molecule has 0 aliphatic rings. The fraction of sp³-hybridized carbons (Fsp3) is 0.316. The summed E-state index contributed by atoms with van der Waals surface area (Å²) in [5.74, 6) is 0.0746. The number of hydrogen-bond acceptors (Lipinski definition) is 2. The lowest BCUT2D eigenvalue weighted by Gasteiger charge is -2.18. The summed E-state index contributed by atoms with van der Waals surface area (Å²) in [6.07, 6.45) is 3.11. The largest absolute Gasteiger partial charge is 0.399 e. The first-order valence-corrected chi connectivity index (χ1v) is 7.88. The number of anilines is 1. The van der Waals surface area contributed by atoms with Gasteiger partial charge in [-0.2, -0.15) is 0 Å². The lowest BCUT2D eigenvalue weighted by atomic mass is 10.0. The fourth-order valence-corrected chi connectivity index (χ4v) is 2.57. The number of nitrogens with two attached hydrogens (primary N) is 1. The van der Waals surface area contributed by atoms with Crippen LogP contribution >= 0.6 is 12.4 Å². The van der Waals surface area contributed by atoms with E-state index in [1.54, 1.807) is 0 Å². The highest BCUT2D eigenvalue weighted by molar-refractivity contribution is 5.85. The van der Waals surface area contributed by atoms with Crippen LogP contribution in [-0.4, -0.2) is 5.91 Å². The van der Waals surface area contributed by atoms with E-state index in [4.69, 9.17) is 5.73 Å². The third-order valence-corrected chi connectivity index (χ3v) is 3.79. The van der Waals surface area contributed by atoms with Crippen LogP contribution in [0.1, 0.15) is 43.4 Å². The molecular formula is C19H25ClN2O. The molecule has 0 aromatic heterocycles. The van der Waals surface area contributed by atoms with Crippen LogP contribution in [-0.2, 0) is 11.2 Å². The van der Waals surface area contributed by atoms with E-state index in [0.29, 0.717) is 12.8 Å². The molecule has 0 aliphatic heterocycles. The average Bonchev–Trinajstić information content (AvgIpc) is 2.54. The standard InChI is InChI=1S/C19H24N2O.ClH/c1-2-8-18(16-10-4-3-5-11-16)21-19(22)14-13-15-9-6-7-12-17(15)20;/h3-7,9-12,18H,2,8,13-14,20H2,1H3,(H,21,22);1H. The summed E-state index contributed by atoms with van der Waals surface area (Å²) < 4.78 is 0. The molecule has 0 heterocycles. The van der Waals surface area contributed by atoms with Gasteiger partial charge >= 0.3 is 0 Å². The molecule has 0 spiro atoms. The molecule has 4 heteroatoms. The van der Waals surface area contributed by atoms with Crippen LogP contribution in [0.15, 0.2) is 54.6 Å². The van der Waals surface area contributed by atoms with Gasteiger partial charge in [-0.3, -0.25) is 4.79 Å². The van der Waals surface area contributed by atoms with Gasteiger partial charge in [-0.15, -0.1) is 12.4 Å². The topological polar surface area (TPSA) is 55.1 Å². The van der Waals surface area contributed by atoms with Gasteiger partial charge in [0.15, 0.2) is 0 Å². The normalized spacial score (nSPS) is 11.3. The van der Waals surface area contributed by atoms with Crippen molar-refractivity contribution in [1.29, 1.82) is 0 Å². The van der Waals surface area contributed by atoms with Crippen molar-refractivity contribution in [2.45, 2.75) is 38.6 Å². The number of carbonyl (C=O) groups excluding carboxylic acids is 1. The number of nitrogens with one attached hydrogen (secondary N) is 1. The number of rotatable bonds is 7. The van der Waals surface area contributed by atoms with E-state index in [-0.39, 0.29) is 24.4 Å². The zero-order chi connectivity index (χ0) is 15.8. The Balaban J connectivity index is 0.00000264. The lowest BCUT2D eigenvalue weighted by Crippen LogP contribution is -2.28. The van der Waals surface area contributed by atoms with Crippen LogP contribution in [0.4, 0.5) is 5.69 Å². The summed E-state index contributed by atoms with van der Waals surface area (Å²) in [4.78, 5) is 12.2. The Hall–Kier alpha value is -2.00. The molecule has 1 unspecified atom stereocenters. The zero-order valence-corrected chi connectivity index (χ0v) is 14.3. The van der Waals surface area contributed by atoms with E-state index in [9.17, 15) is 4.79 Å². The van der Waals surface area contributed by atoms with Crippen LogP contribution in [0.25, 0.3) is 0 Å². The predicted octanol–water partition coefficient (Wildman–Crippen LogP) is 4.28. The number of halogens is 1. The third-order valence-electron chi connectivity index (χ3n) is 3.79. The van der Waals surface area contributed by atoms with Gasteiger partial charge in [0.05, 0.1) is 6.04 Å². The molecule has 2 aromatic rings. The maximum Gasteiger partial charge on any atom is 0.220 e. The minimum absolute atomic E-state index is 0. The first-order chi connectivity index (χ1) is 10.7. The van der Waals surface area contributed by atoms with E-state index in [2.05, 4.69) is 24.4 Å². The molecule has 1 amide bonds. The van der Waals surface area contributed by atoms with Crippen molar-refractivity contribution in [1.82, 2.24) is 5.32 Å². The molecule has 0 radical (unpaired) electrons. The first-order valence-electron chi connectivity index (χ1n) is 7.88. The van der Waals surface area contributed by atoms with Crippen LogP contribution in [0.5, 0.6) is 0 Å². The van der Waals surface area contributed by atoms with Gasteiger partial charge in [-0.05, 0) is 30.0 Å². The van der Waals surface area contributed by atoms with Gasteiger partial charge in [0.2, 0.25) is 5.91 Å². The van der Waals surface area contributed by atoms with Gasteiger partial charge in [0.25, 0.3) is 0 Å². The summed E-state index contributed by atoms with van der Waals surface area (Å²) in [7, 11) is 0. The lowest BCUT2D eigenvalue weighted by molar-refractivity contribution is -0.121. The molecular weight excluding hydrogens is 308 g/mol. The Bertz CT molecular complexity index is 601. The monoisotopic (exact) mass is 332 g/mol. The second-order valence-electron chi connectivity index (χ2n) is 5.52. The molecule has 23 heavy (non-hydrogen) atoms. The third kappa shape index (κ3) is 5.95. The number of nitrogen functional groups attached to an aromatic ring is 1. The predicted molar refractivity (Wildman–Crippen MR) is 98.7 cm³/mol. The highest BCUT2D eigenvalue weighted by atomic mass is 35.5. The second kappa shape index (κ2) is 9.90. The van der Waals surface area contributed by atoms with E-state index >= 15 is 0 Å². The Morgan fingerprint density at radius 1 is 1.09 bits per heavy atom. The second-order valence-corrected chi connectivity index (χ2v) is 5.52. The van der Waals surface area contributed by atoms with Crippen LogP contribution in [0, 0.1) is 0 Å². The fourth-order valence-electron chi connectivity index (χ4n) is 2.57. The number of hydrogen-bond donors (Lipinski definition) is 2. The molecule has 1 atom stereocenters. The van der Waals surface area contributed by atoms with Crippen LogP contribution in [0.3, 0.4) is 0 Å². The maximum absolute atomic E-state index is 12.2. The van der Waals surface area contributed by atoms with E-state index in [0.717, 1.165) is 29.7 Å². The highest BCUT2D eigenvalue weighted by Gasteiger charge is 2.13. The Kier molecular flexibility index (Phi) is 8.20. The molecule has 3 N–H and O–H groups in total. The number of amides is 1. The number of carbonyl (C=O) groups is 1. The number of benzene rings is 2. The Morgan fingerprint density at radius 3 is 2.39 bits per heavy atom. The smallest absolute Gasteiger partial charge is 0.220 e. The molecule has 0 saturated carbocycles. The molecule has 0 bridgehead atoms. The van der Waals surface area contributed by atoms with Gasteiger partial charge in [0, 0.05) is 12.1 Å². The van der Waals surface area contributed by atoms with E-state index in [1.165, 1.54) is 0 Å². The van der Waals surface area contributed by atoms with Crippen molar-refractivity contribution >= 4 is 24.0 Å². The van der Waals surface area contributed by atoms with Crippen molar-refractivity contribution in [2.24, 2.45) is 0 Å². The summed E-state index contributed by atoms with van der Waals surface area (Å²) in [6, 6.07) is 17.9. The van der Waals surface area contributed by atoms with Gasteiger partial charge < -0.3 is 11.1 Å². The Labute approximate surface area is 144 Å². The molecule has 2 aromatic carbocycles. The summed E-state index contributed by atoms with van der Waals surface area (Å²) in [5, 5.41) is 3.14. The van der Waals surface area contributed by atoms with E-state index in [1.807, 2.05) is 42.5 Å². The van der Waals surface area contributed by atoms with Gasteiger partial charge in [-0.1, -0.05) is 61.9 Å². The molecule has 0 aliphatic carbocycles. The molecule has 0 fully saturated rings. The van der Waals surface area contributed by atoms with Crippen LogP contribution < -0.4 is 11.1 Å².